The highest BCUT2D eigenvalue weighted by Gasteiger charge is 2.61. The molecule has 2 aromatic rings. The number of hydrogen-bond acceptors (Lipinski definition) is 7. The van der Waals surface area contributed by atoms with Crippen molar-refractivity contribution >= 4 is 38.7 Å². The molecule has 8 nitrogen and oxygen atoms in total. The third-order valence-corrected chi connectivity index (χ3v) is 10.3. The van der Waals surface area contributed by atoms with Gasteiger partial charge in [0.1, 0.15) is 22.1 Å². The number of alkyl halides is 6. The molecule has 2 amide bonds. The SMILES string of the molecule is O=C1NC(c2ccc(OCCCC(F)(F)F)cc2F)(C(F)(F)F)CC(c2ncc(C3CC3)s2)=C1C(=O)NS(=O)(=O)C1CC1. The maximum Gasteiger partial charge on any atom is 0.416 e. The fraction of sp³-hybridized carbons (Fsp3) is 0.500. The zero-order valence-corrected chi connectivity index (χ0v) is 23.7. The van der Waals surface area contributed by atoms with Gasteiger partial charge >= 0.3 is 12.4 Å². The number of carbonyl (C=O) groups excluding carboxylic acids is 2. The fourth-order valence-electron chi connectivity index (χ4n) is 4.72. The van der Waals surface area contributed by atoms with Crippen molar-refractivity contribution in [1.82, 2.24) is 15.0 Å². The Bertz CT molecular complexity index is 1580. The number of sulfonamides is 1. The molecule has 0 radical (unpaired) electrons. The number of nitrogens with zero attached hydrogens (tertiary/aromatic N) is 1. The Hall–Kier alpha value is -3.21. The van der Waals surface area contributed by atoms with E-state index in [0.29, 0.717) is 17.0 Å². The largest absolute Gasteiger partial charge is 0.493 e. The van der Waals surface area contributed by atoms with Crippen LogP contribution in [0.4, 0.5) is 30.7 Å². The molecule has 17 heteroatoms. The Morgan fingerprint density at radius 2 is 1.84 bits per heavy atom. The first-order valence-electron chi connectivity index (χ1n) is 13.1. The summed E-state index contributed by atoms with van der Waals surface area (Å²) in [5.74, 6) is -4.71. The zero-order valence-electron chi connectivity index (χ0n) is 22.1. The molecule has 2 N–H and O–H groups in total. The molecule has 0 saturated heterocycles. The molecule has 0 bridgehead atoms. The summed E-state index contributed by atoms with van der Waals surface area (Å²) in [6, 6.07) is 2.18. The predicted octanol–water partition coefficient (Wildman–Crippen LogP) is 5.22. The normalized spacial score (nSPS) is 21.5. The highest BCUT2D eigenvalue weighted by atomic mass is 32.2. The average Bonchev–Trinajstić information content (AvgIpc) is 3.82. The number of aromatic nitrogens is 1. The molecule has 3 aliphatic rings. The van der Waals surface area contributed by atoms with Gasteiger partial charge in [-0.25, -0.2) is 22.5 Å². The maximum atomic E-state index is 15.4. The van der Waals surface area contributed by atoms with Crippen LogP contribution < -0.4 is 14.8 Å². The Morgan fingerprint density at radius 3 is 2.42 bits per heavy atom. The summed E-state index contributed by atoms with van der Waals surface area (Å²) in [5, 5.41) is 0.722. The van der Waals surface area contributed by atoms with Crippen LogP contribution in [-0.4, -0.2) is 49.4 Å². The van der Waals surface area contributed by atoms with Gasteiger partial charge in [-0.05, 0) is 50.2 Å². The molecule has 2 saturated carbocycles. The minimum Gasteiger partial charge on any atom is -0.493 e. The quantitative estimate of drug-likeness (QED) is 0.206. The molecular weight excluding hydrogens is 631 g/mol. The topological polar surface area (TPSA) is 114 Å². The lowest BCUT2D eigenvalue weighted by molar-refractivity contribution is -0.202. The summed E-state index contributed by atoms with van der Waals surface area (Å²) < 4.78 is 129. The van der Waals surface area contributed by atoms with Gasteiger partial charge < -0.3 is 10.1 Å². The molecule has 0 spiro atoms. The molecule has 43 heavy (non-hydrogen) atoms. The highest BCUT2D eigenvalue weighted by molar-refractivity contribution is 7.91. The maximum absolute atomic E-state index is 15.4. The molecule has 234 valence electrons. The van der Waals surface area contributed by atoms with Crippen LogP contribution >= 0.6 is 11.3 Å². The summed E-state index contributed by atoms with van der Waals surface area (Å²) in [5.41, 5.74) is -5.85. The van der Waals surface area contributed by atoms with E-state index in [4.69, 9.17) is 4.74 Å². The van der Waals surface area contributed by atoms with Crippen molar-refractivity contribution in [2.75, 3.05) is 6.61 Å². The van der Waals surface area contributed by atoms with Gasteiger partial charge in [0.15, 0.2) is 5.54 Å². The number of thiazole rings is 1. The summed E-state index contributed by atoms with van der Waals surface area (Å²) in [4.78, 5) is 31.3. The van der Waals surface area contributed by atoms with Crippen LogP contribution in [0.5, 0.6) is 5.75 Å². The van der Waals surface area contributed by atoms with E-state index in [0.717, 1.165) is 30.2 Å². The van der Waals surface area contributed by atoms with Gasteiger partial charge in [0.25, 0.3) is 11.8 Å². The lowest BCUT2D eigenvalue weighted by Gasteiger charge is -2.41. The van der Waals surface area contributed by atoms with E-state index in [1.54, 1.807) is 10.0 Å². The average molecular weight is 656 g/mol. The van der Waals surface area contributed by atoms with Crippen molar-refractivity contribution in [3.8, 4) is 5.75 Å². The predicted molar refractivity (Wildman–Crippen MR) is 139 cm³/mol. The molecule has 1 atom stereocenters. The van der Waals surface area contributed by atoms with Gasteiger partial charge in [-0.15, -0.1) is 11.3 Å². The number of amides is 2. The van der Waals surface area contributed by atoms with Crippen LogP contribution in [0, 0.1) is 5.82 Å². The van der Waals surface area contributed by atoms with Crippen LogP contribution in [0.3, 0.4) is 0 Å². The van der Waals surface area contributed by atoms with Crippen molar-refractivity contribution in [1.29, 1.82) is 0 Å². The summed E-state index contributed by atoms with van der Waals surface area (Å²) >= 11 is 0.956. The van der Waals surface area contributed by atoms with Gasteiger partial charge in [-0.1, -0.05) is 0 Å². The number of nitrogens with one attached hydrogen (secondary N) is 2. The van der Waals surface area contributed by atoms with Crippen molar-refractivity contribution in [3.05, 3.63) is 51.2 Å². The Kier molecular flexibility index (Phi) is 8.03. The number of ether oxygens (including phenoxy) is 1. The summed E-state index contributed by atoms with van der Waals surface area (Å²) in [6.45, 7) is -0.484. The number of hydrogen-bond donors (Lipinski definition) is 2. The van der Waals surface area contributed by atoms with Crippen LogP contribution in [-0.2, 0) is 25.2 Å². The van der Waals surface area contributed by atoms with E-state index in [1.807, 2.05) is 0 Å². The molecular formula is C26H24F7N3O5S2. The van der Waals surface area contributed by atoms with Crippen LogP contribution in [0.2, 0.25) is 0 Å². The third kappa shape index (κ3) is 6.66. The van der Waals surface area contributed by atoms with E-state index in [2.05, 4.69) is 4.98 Å². The molecule has 1 aromatic carbocycles. The second-order valence-corrected chi connectivity index (χ2v) is 13.6. The van der Waals surface area contributed by atoms with Gasteiger partial charge in [-0.2, -0.15) is 26.3 Å². The zero-order chi connectivity index (χ0) is 31.4. The number of rotatable bonds is 10. The second kappa shape index (κ2) is 11.1. The Labute approximate surface area is 244 Å². The first-order valence-corrected chi connectivity index (χ1v) is 15.5. The van der Waals surface area contributed by atoms with Crippen LogP contribution in [0.25, 0.3) is 5.57 Å². The van der Waals surface area contributed by atoms with E-state index in [1.165, 1.54) is 6.20 Å². The lowest BCUT2D eigenvalue weighted by Crippen LogP contribution is -2.60. The van der Waals surface area contributed by atoms with E-state index < -0.39 is 93.4 Å². The molecule has 1 aliphatic heterocycles. The van der Waals surface area contributed by atoms with Crippen molar-refractivity contribution in [2.45, 2.75) is 74.0 Å². The standard InChI is InChI=1S/C26H24F7N3O5S2/c27-18-10-14(41-9-1-8-25(28,29)30)4-7-17(18)24(26(31,32)33)11-16(23-34-12-19(42-23)13-2-3-13)20(21(37)35-24)22(38)36-43(39,40)15-5-6-15/h4,7,10,12-13,15H,1-3,5-6,8-9,11H2,(H,35,37)(H,36,38). The third-order valence-electron chi connectivity index (χ3n) is 7.24. The molecule has 1 aromatic heterocycles. The molecule has 1 unspecified atom stereocenters. The number of halogens is 7. The monoisotopic (exact) mass is 655 g/mol. The van der Waals surface area contributed by atoms with Crippen LogP contribution in [0.15, 0.2) is 30.0 Å². The second-order valence-electron chi connectivity index (χ2n) is 10.6. The molecule has 5 rings (SSSR count). The first kappa shape index (κ1) is 31.2. The Morgan fingerprint density at radius 1 is 1.14 bits per heavy atom. The number of carbonyl (C=O) groups is 2. The summed E-state index contributed by atoms with van der Waals surface area (Å²) in [6.07, 6.45) is -9.05. The van der Waals surface area contributed by atoms with Crippen molar-refractivity contribution < 1.29 is 53.5 Å². The van der Waals surface area contributed by atoms with E-state index in [-0.39, 0.29) is 29.5 Å². The van der Waals surface area contributed by atoms with Gasteiger partial charge in [0.05, 0.1) is 11.9 Å². The first-order chi connectivity index (χ1) is 20.0. The van der Waals surface area contributed by atoms with Crippen molar-refractivity contribution in [3.63, 3.8) is 0 Å². The minimum absolute atomic E-state index is 0.116. The smallest absolute Gasteiger partial charge is 0.416 e. The Balaban J connectivity index is 1.53. The molecule has 2 aliphatic carbocycles. The van der Waals surface area contributed by atoms with Crippen LogP contribution in [0.1, 0.15) is 66.3 Å². The van der Waals surface area contributed by atoms with E-state index >= 15 is 4.39 Å². The van der Waals surface area contributed by atoms with E-state index in [9.17, 15) is 44.3 Å². The van der Waals surface area contributed by atoms with Gasteiger partial charge in [0.2, 0.25) is 10.0 Å². The molecule has 2 fully saturated rings. The van der Waals surface area contributed by atoms with Gasteiger partial charge in [-0.3, -0.25) is 9.59 Å². The lowest BCUT2D eigenvalue weighted by atomic mass is 9.78. The molecule has 2 heterocycles. The van der Waals surface area contributed by atoms with Gasteiger partial charge in [0, 0.05) is 41.1 Å². The van der Waals surface area contributed by atoms with Crippen molar-refractivity contribution in [2.24, 2.45) is 0 Å². The highest BCUT2D eigenvalue weighted by Crippen LogP contribution is 2.51. The minimum atomic E-state index is -5.34. The number of benzene rings is 1. The summed E-state index contributed by atoms with van der Waals surface area (Å²) in [7, 11) is -4.19. The fourth-order valence-corrected chi connectivity index (χ4v) is 7.14.